The summed E-state index contributed by atoms with van der Waals surface area (Å²) in [5.74, 6) is -1.10. The predicted molar refractivity (Wildman–Crippen MR) is 79.2 cm³/mol. The van der Waals surface area contributed by atoms with Gasteiger partial charge >= 0.3 is 5.97 Å². The Morgan fingerprint density at radius 2 is 2.05 bits per heavy atom. The number of nitrogens with one attached hydrogen (secondary N) is 2. The zero-order chi connectivity index (χ0) is 15.5. The van der Waals surface area contributed by atoms with E-state index < -0.39 is 12.0 Å². The van der Waals surface area contributed by atoms with E-state index in [4.69, 9.17) is 4.74 Å². The van der Waals surface area contributed by atoms with Crippen LogP contribution in [-0.2, 0) is 32.0 Å². The van der Waals surface area contributed by atoms with Crippen molar-refractivity contribution in [3.05, 3.63) is 29.3 Å². The third kappa shape index (κ3) is 3.27. The highest BCUT2D eigenvalue weighted by Gasteiger charge is 2.28. The standard InChI is InChI=1S/C16H18N2O4/c19-14-7-6-13(18-14)16(21)22-9-15(20)17-12-5-4-10-2-1-3-11(10)8-12/h4-5,8,13H,1-3,6-7,9H2,(H,17,20)(H,18,19)/t13-/m1/s1. The Labute approximate surface area is 128 Å². The molecule has 22 heavy (non-hydrogen) atoms. The summed E-state index contributed by atoms with van der Waals surface area (Å²) in [6.45, 7) is -0.345. The molecule has 1 heterocycles. The van der Waals surface area contributed by atoms with Crippen LogP contribution in [0.15, 0.2) is 18.2 Å². The van der Waals surface area contributed by atoms with Crippen LogP contribution in [0.2, 0.25) is 0 Å². The molecule has 1 atom stereocenters. The first-order valence-electron chi connectivity index (χ1n) is 7.49. The van der Waals surface area contributed by atoms with Crippen LogP contribution in [0.5, 0.6) is 0 Å². The molecular formula is C16H18N2O4. The van der Waals surface area contributed by atoms with Crippen molar-refractivity contribution in [2.24, 2.45) is 0 Å². The molecule has 1 saturated heterocycles. The van der Waals surface area contributed by atoms with Gasteiger partial charge in [0.2, 0.25) is 5.91 Å². The molecule has 0 radical (unpaired) electrons. The van der Waals surface area contributed by atoms with E-state index in [0.717, 1.165) is 24.9 Å². The van der Waals surface area contributed by atoms with Crippen molar-refractivity contribution >= 4 is 23.5 Å². The summed E-state index contributed by atoms with van der Waals surface area (Å²) < 4.78 is 4.94. The van der Waals surface area contributed by atoms with Gasteiger partial charge in [0, 0.05) is 12.1 Å². The van der Waals surface area contributed by atoms with E-state index in [0.29, 0.717) is 12.8 Å². The second kappa shape index (κ2) is 6.17. The van der Waals surface area contributed by atoms with Crippen LogP contribution in [0, 0.1) is 0 Å². The maximum absolute atomic E-state index is 11.8. The number of carbonyl (C=O) groups excluding carboxylic acids is 3. The summed E-state index contributed by atoms with van der Waals surface area (Å²) in [5, 5.41) is 5.23. The van der Waals surface area contributed by atoms with Crippen molar-refractivity contribution in [2.75, 3.05) is 11.9 Å². The summed E-state index contributed by atoms with van der Waals surface area (Å²) in [5.41, 5.74) is 3.32. The number of hydrogen-bond acceptors (Lipinski definition) is 4. The number of benzene rings is 1. The van der Waals surface area contributed by atoms with E-state index in [1.165, 1.54) is 11.1 Å². The highest BCUT2D eigenvalue weighted by atomic mass is 16.5. The Kier molecular flexibility index (Phi) is 4.09. The number of fused-ring (bicyclic) bond motifs is 1. The second-order valence-corrected chi connectivity index (χ2v) is 5.65. The van der Waals surface area contributed by atoms with Crippen molar-refractivity contribution in [3.8, 4) is 0 Å². The Morgan fingerprint density at radius 3 is 2.82 bits per heavy atom. The smallest absolute Gasteiger partial charge is 0.329 e. The Morgan fingerprint density at radius 1 is 1.23 bits per heavy atom. The van der Waals surface area contributed by atoms with E-state index in [1.54, 1.807) is 0 Å². The van der Waals surface area contributed by atoms with E-state index >= 15 is 0 Å². The zero-order valence-corrected chi connectivity index (χ0v) is 12.2. The second-order valence-electron chi connectivity index (χ2n) is 5.65. The highest BCUT2D eigenvalue weighted by molar-refractivity contribution is 5.94. The number of ether oxygens (including phenoxy) is 1. The molecule has 0 unspecified atom stereocenters. The molecule has 6 nitrogen and oxygen atoms in total. The Balaban J connectivity index is 1.48. The van der Waals surface area contributed by atoms with Gasteiger partial charge in [-0.3, -0.25) is 9.59 Å². The van der Waals surface area contributed by atoms with Crippen LogP contribution in [0.3, 0.4) is 0 Å². The van der Waals surface area contributed by atoms with Crippen molar-refractivity contribution < 1.29 is 19.1 Å². The molecule has 2 aliphatic rings. The molecule has 1 aromatic rings. The van der Waals surface area contributed by atoms with Crippen molar-refractivity contribution in [2.45, 2.75) is 38.1 Å². The fourth-order valence-electron chi connectivity index (χ4n) is 2.87. The lowest BCUT2D eigenvalue weighted by Crippen LogP contribution is -2.36. The molecule has 6 heteroatoms. The van der Waals surface area contributed by atoms with Crippen molar-refractivity contribution in [1.82, 2.24) is 5.32 Å². The molecule has 0 saturated carbocycles. The topological polar surface area (TPSA) is 84.5 Å². The molecule has 0 spiro atoms. The zero-order valence-electron chi connectivity index (χ0n) is 12.2. The lowest BCUT2D eigenvalue weighted by atomic mass is 10.1. The van der Waals surface area contributed by atoms with Gasteiger partial charge in [0.1, 0.15) is 6.04 Å². The van der Waals surface area contributed by atoms with E-state index in [2.05, 4.69) is 10.6 Å². The third-order valence-corrected chi connectivity index (χ3v) is 4.01. The largest absolute Gasteiger partial charge is 0.454 e. The molecule has 0 aromatic heterocycles. The maximum Gasteiger partial charge on any atom is 0.329 e. The third-order valence-electron chi connectivity index (χ3n) is 4.01. The number of aryl methyl sites for hydroxylation is 2. The van der Waals surface area contributed by atoms with Gasteiger partial charge in [-0.1, -0.05) is 6.07 Å². The van der Waals surface area contributed by atoms with Gasteiger partial charge in [-0.2, -0.15) is 0 Å². The molecular weight excluding hydrogens is 284 g/mol. The van der Waals surface area contributed by atoms with Crippen LogP contribution in [0.1, 0.15) is 30.4 Å². The molecule has 116 valence electrons. The predicted octanol–water partition coefficient (Wildman–Crippen LogP) is 0.936. The molecule has 3 rings (SSSR count). The number of amides is 2. The van der Waals surface area contributed by atoms with Crippen LogP contribution in [0.25, 0.3) is 0 Å². The quantitative estimate of drug-likeness (QED) is 0.811. The average Bonchev–Trinajstić information content (AvgIpc) is 3.13. The summed E-state index contributed by atoms with van der Waals surface area (Å²) in [6.07, 6.45) is 4.02. The number of anilines is 1. The summed E-state index contributed by atoms with van der Waals surface area (Å²) in [4.78, 5) is 34.5. The number of rotatable bonds is 4. The summed E-state index contributed by atoms with van der Waals surface area (Å²) >= 11 is 0. The number of hydrogen-bond donors (Lipinski definition) is 2. The fourth-order valence-corrected chi connectivity index (χ4v) is 2.87. The van der Waals surface area contributed by atoms with Gasteiger partial charge < -0.3 is 15.4 Å². The maximum atomic E-state index is 11.8. The lowest BCUT2D eigenvalue weighted by molar-refractivity contribution is -0.149. The summed E-state index contributed by atoms with van der Waals surface area (Å²) in [6, 6.07) is 5.23. The lowest BCUT2D eigenvalue weighted by Gasteiger charge is -2.11. The van der Waals surface area contributed by atoms with Crippen LogP contribution in [0.4, 0.5) is 5.69 Å². The van der Waals surface area contributed by atoms with Gasteiger partial charge in [-0.15, -0.1) is 0 Å². The molecule has 0 bridgehead atoms. The van der Waals surface area contributed by atoms with Gasteiger partial charge in [-0.05, 0) is 48.9 Å². The van der Waals surface area contributed by atoms with E-state index in [-0.39, 0.29) is 18.4 Å². The molecule has 2 N–H and O–H groups in total. The first-order valence-corrected chi connectivity index (χ1v) is 7.49. The number of carbonyl (C=O) groups is 3. The Hall–Kier alpha value is -2.37. The van der Waals surface area contributed by atoms with Gasteiger partial charge in [0.05, 0.1) is 0 Å². The molecule has 1 aromatic carbocycles. The molecule has 1 aliphatic heterocycles. The van der Waals surface area contributed by atoms with Gasteiger partial charge in [0.15, 0.2) is 6.61 Å². The average molecular weight is 302 g/mol. The minimum absolute atomic E-state index is 0.162. The minimum atomic E-state index is -0.625. The van der Waals surface area contributed by atoms with E-state index in [1.807, 2.05) is 18.2 Å². The monoisotopic (exact) mass is 302 g/mol. The van der Waals surface area contributed by atoms with Crippen LogP contribution >= 0.6 is 0 Å². The van der Waals surface area contributed by atoms with Crippen LogP contribution < -0.4 is 10.6 Å². The summed E-state index contributed by atoms with van der Waals surface area (Å²) in [7, 11) is 0. The molecule has 1 fully saturated rings. The minimum Gasteiger partial charge on any atom is -0.454 e. The highest BCUT2D eigenvalue weighted by Crippen LogP contribution is 2.24. The van der Waals surface area contributed by atoms with Gasteiger partial charge in [-0.25, -0.2) is 4.79 Å². The first kappa shape index (κ1) is 14.6. The van der Waals surface area contributed by atoms with Gasteiger partial charge in [0.25, 0.3) is 5.91 Å². The van der Waals surface area contributed by atoms with Crippen LogP contribution in [-0.4, -0.2) is 30.4 Å². The Bertz CT molecular complexity index is 627. The van der Waals surface area contributed by atoms with E-state index in [9.17, 15) is 14.4 Å². The van der Waals surface area contributed by atoms with Crippen molar-refractivity contribution in [1.29, 1.82) is 0 Å². The number of esters is 1. The first-order chi connectivity index (χ1) is 10.6. The van der Waals surface area contributed by atoms with Crippen molar-refractivity contribution in [3.63, 3.8) is 0 Å². The SMILES string of the molecule is O=C(COC(=O)[C@H]1CCC(=O)N1)Nc1ccc2c(c1)CCC2. The molecule has 2 amide bonds. The fraction of sp³-hybridized carbons (Fsp3) is 0.438. The normalized spacial score (nSPS) is 19.5. The molecule has 1 aliphatic carbocycles.